The highest BCUT2D eigenvalue weighted by molar-refractivity contribution is 6.32. The summed E-state index contributed by atoms with van der Waals surface area (Å²) in [6, 6.07) is 7.02. The van der Waals surface area contributed by atoms with E-state index in [2.05, 4.69) is 5.32 Å². The van der Waals surface area contributed by atoms with Crippen LogP contribution >= 0.6 is 0 Å². The van der Waals surface area contributed by atoms with Gasteiger partial charge in [-0.3, -0.25) is 14.4 Å². The van der Waals surface area contributed by atoms with E-state index in [1.54, 1.807) is 24.3 Å². The number of nitrogens with one attached hydrogen (secondary N) is 1. The average molecular weight is 455 g/mol. The summed E-state index contributed by atoms with van der Waals surface area (Å²) < 4.78 is 26.3. The second-order valence-electron chi connectivity index (χ2n) is 6.34. The molecule has 2 N–H and O–H groups in total. The molecule has 11 nitrogen and oxygen atoms in total. The molecule has 0 spiro atoms. The number of ketones is 1. The van der Waals surface area contributed by atoms with Gasteiger partial charge in [0.2, 0.25) is 11.7 Å². The molecule has 11 heteroatoms. The zero-order valence-corrected chi connectivity index (χ0v) is 18.0. The van der Waals surface area contributed by atoms with Gasteiger partial charge in [-0.15, -0.1) is 0 Å². The highest BCUT2D eigenvalue weighted by atomic mass is 16.6. The summed E-state index contributed by atoms with van der Waals surface area (Å²) in [6.07, 6.45) is -0.658. The van der Waals surface area contributed by atoms with Gasteiger partial charge in [0, 0.05) is 19.0 Å². The summed E-state index contributed by atoms with van der Waals surface area (Å²) in [5.41, 5.74) is 0.703. The second-order valence-corrected chi connectivity index (χ2v) is 6.34. The molecule has 0 saturated carbocycles. The molecule has 1 aromatic rings. The van der Waals surface area contributed by atoms with Gasteiger partial charge < -0.3 is 34.1 Å². The van der Waals surface area contributed by atoms with Gasteiger partial charge in [0.25, 0.3) is 0 Å². The minimum Gasteiger partial charge on any atom is -0.491 e. The topological polar surface area (TPSA) is 147 Å². The van der Waals surface area contributed by atoms with Crippen LogP contribution in [-0.4, -0.2) is 81.6 Å². The van der Waals surface area contributed by atoms with Gasteiger partial charge in [0.05, 0.1) is 46.1 Å². The van der Waals surface area contributed by atoms with Crippen molar-refractivity contribution in [3.8, 4) is 5.75 Å². The molecular weight excluding hydrogens is 426 g/mol. The standard InChI is InChI=1S/C21H29NO10/c1-16(23)22-17-2-4-18(5-3-17)31-14-12-29-10-8-28-9-11-30-13-15-32-20(25)7-6-19(24)21(26)27/h2-5H,6-15H2,1H3,(H,22,23)(H,26,27). The van der Waals surface area contributed by atoms with Crippen molar-refractivity contribution in [3.05, 3.63) is 24.3 Å². The summed E-state index contributed by atoms with van der Waals surface area (Å²) >= 11 is 0. The Morgan fingerprint density at radius 3 is 1.84 bits per heavy atom. The number of carboxylic acid groups (broad SMARTS) is 1. The molecule has 1 aromatic carbocycles. The van der Waals surface area contributed by atoms with Crippen molar-refractivity contribution >= 4 is 29.3 Å². The summed E-state index contributed by atoms with van der Waals surface area (Å²) in [5, 5.41) is 11.1. The monoisotopic (exact) mass is 455 g/mol. The summed E-state index contributed by atoms with van der Waals surface area (Å²) in [4.78, 5) is 43.4. The molecule has 0 aliphatic heterocycles. The Kier molecular flexibility index (Phi) is 14.1. The molecule has 0 heterocycles. The van der Waals surface area contributed by atoms with Crippen molar-refractivity contribution in [2.45, 2.75) is 19.8 Å². The first-order chi connectivity index (χ1) is 15.4. The normalized spacial score (nSPS) is 10.4. The Morgan fingerprint density at radius 2 is 1.31 bits per heavy atom. The zero-order chi connectivity index (χ0) is 23.6. The molecule has 0 bridgehead atoms. The highest BCUT2D eigenvalue weighted by Crippen LogP contribution is 2.15. The number of rotatable bonds is 18. The van der Waals surface area contributed by atoms with E-state index in [4.69, 9.17) is 28.8 Å². The van der Waals surface area contributed by atoms with Crippen LogP contribution in [0.25, 0.3) is 0 Å². The van der Waals surface area contributed by atoms with Crippen molar-refractivity contribution in [1.29, 1.82) is 0 Å². The maximum Gasteiger partial charge on any atom is 0.372 e. The number of carbonyl (C=O) groups excluding carboxylic acids is 3. The third-order valence-corrected chi connectivity index (χ3v) is 3.70. The number of benzene rings is 1. The number of Topliss-reactive ketones (excluding diaryl/α,β-unsaturated/α-hetero) is 1. The maximum absolute atomic E-state index is 11.3. The number of ether oxygens (including phenoxy) is 5. The van der Waals surface area contributed by atoms with Crippen LogP contribution in [0.1, 0.15) is 19.8 Å². The van der Waals surface area contributed by atoms with Gasteiger partial charge in [-0.2, -0.15) is 0 Å². The van der Waals surface area contributed by atoms with E-state index in [1.165, 1.54) is 6.92 Å². The molecule has 1 rings (SSSR count). The van der Waals surface area contributed by atoms with Crippen LogP contribution in [0.4, 0.5) is 5.69 Å². The van der Waals surface area contributed by atoms with Gasteiger partial charge in [0.15, 0.2) is 0 Å². The van der Waals surface area contributed by atoms with E-state index >= 15 is 0 Å². The quantitative estimate of drug-likeness (QED) is 0.187. The SMILES string of the molecule is CC(=O)Nc1ccc(OCCOCCOCCOCCOC(=O)CCC(=O)C(=O)O)cc1. The van der Waals surface area contributed by atoms with Crippen molar-refractivity contribution in [3.63, 3.8) is 0 Å². The van der Waals surface area contributed by atoms with Gasteiger partial charge >= 0.3 is 11.9 Å². The molecule has 0 saturated heterocycles. The van der Waals surface area contributed by atoms with Crippen LogP contribution in [0.15, 0.2) is 24.3 Å². The van der Waals surface area contributed by atoms with Crippen LogP contribution in [0.3, 0.4) is 0 Å². The fourth-order valence-corrected chi connectivity index (χ4v) is 2.21. The maximum atomic E-state index is 11.3. The number of carbonyl (C=O) groups is 4. The molecule has 0 fully saturated rings. The predicted molar refractivity (Wildman–Crippen MR) is 112 cm³/mol. The number of hydrogen-bond donors (Lipinski definition) is 2. The first-order valence-corrected chi connectivity index (χ1v) is 10.0. The van der Waals surface area contributed by atoms with Crippen LogP contribution < -0.4 is 10.1 Å². The molecule has 1 amide bonds. The first-order valence-electron chi connectivity index (χ1n) is 10.0. The van der Waals surface area contributed by atoms with Crippen LogP contribution in [0, 0.1) is 0 Å². The van der Waals surface area contributed by atoms with E-state index < -0.39 is 17.7 Å². The molecule has 0 radical (unpaired) electrons. The predicted octanol–water partition coefficient (Wildman–Crippen LogP) is 1.05. The summed E-state index contributed by atoms with van der Waals surface area (Å²) in [6.45, 7) is 3.86. The summed E-state index contributed by atoms with van der Waals surface area (Å²) in [7, 11) is 0. The number of esters is 1. The van der Waals surface area contributed by atoms with Gasteiger partial charge in [0.1, 0.15) is 19.0 Å². The van der Waals surface area contributed by atoms with E-state index in [9.17, 15) is 19.2 Å². The Bertz CT molecular complexity index is 720. The highest BCUT2D eigenvalue weighted by Gasteiger charge is 2.14. The number of anilines is 1. The smallest absolute Gasteiger partial charge is 0.372 e. The lowest BCUT2D eigenvalue weighted by Gasteiger charge is -2.09. The minimum absolute atomic E-state index is 0.0131. The number of hydrogen-bond acceptors (Lipinski definition) is 9. The molecule has 0 unspecified atom stereocenters. The van der Waals surface area contributed by atoms with Crippen molar-refractivity contribution in [1.82, 2.24) is 0 Å². The van der Waals surface area contributed by atoms with Crippen LogP contribution in [0.5, 0.6) is 5.75 Å². The third kappa shape index (κ3) is 14.1. The third-order valence-electron chi connectivity index (χ3n) is 3.70. The molecule has 0 atom stereocenters. The Balaban J connectivity index is 1.87. The van der Waals surface area contributed by atoms with Crippen LogP contribution in [-0.2, 0) is 38.1 Å². The van der Waals surface area contributed by atoms with Crippen molar-refractivity contribution in [2.75, 3.05) is 58.2 Å². The number of carboxylic acids is 1. The number of amides is 1. The number of aliphatic carboxylic acids is 1. The molecule has 32 heavy (non-hydrogen) atoms. The van der Waals surface area contributed by atoms with E-state index in [0.29, 0.717) is 51.1 Å². The fraction of sp³-hybridized carbons (Fsp3) is 0.524. The largest absolute Gasteiger partial charge is 0.491 e. The first kappa shape index (κ1) is 27.0. The van der Waals surface area contributed by atoms with Gasteiger partial charge in [-0.25, -0.2) is 4.79 Å². The fourth-order valence-electron chi connectivity index (χ4n) is 2.21. The molecule has 0 aliphatic carbocycles. The van der Waals surface area contributed by atoms with E-state index in [0.717, 1.165) is 0 Å². The molecular formula is C21H29NO10. The molecule has 0 aromatic heterocycles. The lowest BCUT2D eigenvalue weighted by Crippen LogP contribution is -2.17. The lowest BCUT2D eigenvalue weighted by atomic mass is 10.2. The average Bonchev–Trinajstić information content (AvgIpc) is 2.75. The summed E-state index contributed by atoms with van der Waals surface area (Å²) in [5.74, 6) is -2.70. The van der Waals surface area contributed by atoms with E-state index in [-0.39, 0.29) is 32.0 Å². The van der Waals surface area contributed by atoms with Gasteiger partial charge in [-0.05, 0) is 24.3 Å². The zero-order valence-electron chi connectivity index (χ0n) is 18.0. The van der Waals surface area contributed by atoms with Crippen molar-refractivity contribution < 1.29 is 48.0 Å². The van der Waals surface area contributed by atoms with Gasteiger partial charge in [-0.1, -0.05) is 0 Å². The Labute approximate surface area is 185 Å². The Hall–Kier alpha value is -3.02. The molecule has 178 valence electrons. The van der Waals surface area contributed by atoms with E-state index in [1.807, 2.05) is 0 Å². The minimum atomic E-state index is -1.56. The lowest BCUT2D eigenvalue weighted by molar-refractivity contribution is -0.151. The van der Waals surface area contributed by atoms with Crippen LogP contribution in [0.2, 0.25) is 0 Å². The Morgan fingerprint density at radius 1 is 0.781 bits per heavy atom. The molecule has 0 aliphatic rings. The second kappa shape index (κ2) is 16.6. The van der Waals surface area contributed by atoms with Crippen molar-refractivity contribution in [2.24, 2.45) is 0 Å².